The predicted octanol–water partition coefficient (Wildman–Crippen LogP) is 3.11. The third-order valence-corrected chi connectivity index (χ3v) is 4.74. The van der Waals surface area contributed by atoms with Gasteiger partial charge < -0.3 is 0 Å². The van der Waals surface area contributed by atoms with Crippen LogP contribution in [0.1, 0.15) is 49.5 Å². The number of likely N-dealkylation sites (N-methyl/N-ethyl adjacent to an activating group) is 1. The molecule has 106 valence electrons. The Morgan fingerprint density at radius 3 is 2.63 bits per heavy atom. The lowest BCUT2D eigenvalue weighted by Crippen LogP contribution is -2.49. The highest BCUT2D eigenvalue weighted by atomic mass is 79.9. The van der Waals surface area contributed by atoms with E-state index in [0.29, 0.717) is 0 Å². The van der Waals surface area contributed by atoms with Crippen molar-refractivity contribution < 1.29 is 4.79 Å². The summed E-state index contributed by atoms with van der Waals surface area (Å²) in [6.45, 7) is 2.89. The number of hydrogen-bond donors (Lipinski definition) is 0. The van der Waals surface area contributed by atoms with Crippen LogP contribution in [-0.2, 0) is 6.54 Å². The molecule has 1 aromatic rings. The van der Waals surface area contributed by atoms with Crippen LogP contribution in [0.15, 0.2) is 10.7 Å². The molecule has 0 N–H and O–H groups in total. The minimum atomic E-state index is -0.339. The zero-order valence-corrected chi connectivity index (χ0v) is 13.5. The molecule has 1 aliphatic carbocycles. The Morgan fingerprint density at radius 2 is 2.11 bits per heavy atom. The maximum Gasteiger partial charge on any atom is 0.202 e. The highest BCUT2D eigenvalue weighted by molar-refractivity contribution is 9.10. The average Bonchev–Trinajstić information content (AvgIpc) is 2.97. The number of halogens is 1. The van der Waals surface area contributed by atoms with Crippen molar-refractivity contribution in [3.8, 4) is 0 Å². The van der Waals surface area contributed by atoms with Crippen molar-refractivity contribution in [2.75, 3.05) is 14.1 Å². The van der Waals surface area contributed by atoms with E-state index in [9.17, 15) is 4.79 Å². The fourth-order valence-electron chi connectivity index (χ4n) is 3.03. The maximum atomic E-state index is 13.1. The van der Waals surface area contributed by atoms with Crippen LogP contribution in [0.4, 0.5) is 0 Å². The van der Waals surface area contributed by atoms with E-state index in [1.54, 1.807) is 6.20 Å². The number of nitrogens with zero attached hydrogens (tertiary/aromatic N) is 3. The van der Waals surface area contributed by atoms with Crippen molar-refractivity contribution in [3.63, 3.8) is 0 Å². The van der Waals surface area contributed by atoms with Crippen molar-refractivity contribution in [2.45, 2.75) is 51.1 Å². The fraction of sp³-hybridized carbons (Fsp3) is 0.714. The van der Waals surface area contributed by atoms with Crippen LogP contribution in [0.2, 0.25) is 0 Å². The van der Waals surface area contributed by atoms with E-state index in [1.165, 1.54) is 0 Å². The molecule has 0 bridgehead atoms. The number of Topliss-reactive ketones (excluding diaryl/α,β-unsaturated/α-hetero) is 1. The molecule has 0 amide bonds. The smallest absolute Gasteiger partial charge is 0.202 e. The monoisotopic (exact) mass is 327 g/mol. The van der Waals surface area contributed by atoms with Gasteiger partial charge in [-0.2, -0.15) is 5.10 Å². The Bertz CT molecular complexity index is 461. The maximum absolute atomic E-state index is 13.1. The average molecular weight is 328 g/mol. The van der Waals surface area contributed by atoms with Gasteiger partial charge in [0.2, 0.25) is 5.78 Å². The summed E-state index contributed by atoms with van der Waals surface area (Å²) in [4.78, 5) is 15.2. The van der Waals surface area contributed by atoms with E-state index in [1.807, 2.05) is 18.8 Å². The molecule has 0 radical (unpaired) electrons. The van der Waals surface area contributed by atoms with Gasteiger partial charge >= 0.3 is 0 Å². The molecule has 0 atom stereocenters. The molecule has 1 aromatic heterocycles. The van der Waals surface area contributed by atoms with Crippen molar-refractivity contribution in [3.05, 3.63) is 16.4 Å². The molecule has 0 unspecified atom stereocenters. The molecular formula is C14H22BrN3O. The molecule has 0 spiro atoms. The van der Waals surface area contributed by atoms with E-state index < -0.39 is 0 Å². The van der Waals surface area contributed by atoms with Crippen molar-refractivity contribution >= 4 is 21.7 Å². The Kier molecular flexibility index (Phi) is 4.46. The Morgan fingerprint density at radius 1 is 1.47 bits per heavy atom. The predicted molar refractivity (Wildman–Crippen MR) is 79.4 cm³/mol. The molecule has 5 heteroatoms. The van der Waals surface area contributed by atoms with Crippen molar-refractivity contribution in [1.82, 2.24) is 14.7 Å². The lowest BCUT2D eigenvalue weighted by Gasteiger charge is -2.34. The third kappa shape index (κ3) is 2.50. The summed E-state index contributed by atoms with van der Waals surface area (Å²) in [5, 5.41) is 4.32. The lowest BCUT2D eigenvalue weighted by atomic mass is 9.88. The van der Waals surface area contributed by atoms with Gasteiger partial charge in [0.1, 0.15) is 5.69 Å². The number of aromatic nitrogens is 2. The van der Waals surface area contributed by atoms with Crippen molar-refractivity contribution in [2.24, 2.45) is 0 Å². The summed E-state index contributed by atoms with van der Waals surface area (Å²) < 4.78 is 2.66. The van der Waals surface area contributed by atoms with Crippen molar-refractivity contribution in [1.29, 1.82) is 0 Å². The molecular weight excluding hydrogens is 306 g/mol. The van der Waals surface area contributed by atoms with Crippen LogP contribution in [0.25, 0.3) is 0 Å². The van der Waals surface area contributed by atoms with E-state index in [0.717, 1.165) is 48.8 Å². The lowest BCUT2D eigenvalue weighted by molar-refractivity contribution is 0.0680. The van der Waals surface area contributed by atoms with Crippen LogP contribution >= 0.6 is 15.9 Å². The first-order valence-electron chi connectivity index (χ1n) is 6.96. The summed E-state index contributed by atoms with van der Waals surface area (Å²) in [6.07, 6.45) is 6.86. The minimum Gasteiger partial charge on any atom is -0.297 e. The van der Waals surface area contributed by atoms with Crippen LogP contribution in [-0.4, -0.2) is 40.1 Å². The number of ketones is 1. The zero-order chi connectivity index (χ0) is 14.0. The molecule has 1 heterocycles. The zero-order valence-electron chi connectivity index (χ0n) is 11.9. The van der Waals surface area contributed by atoms with Gasteiger partial charge in [0.05, 0.1) is 16.2 Å². The van der Waals surface area contributed by atoms with E-state index in [4.69, 9.17) is 0 Å². The standard InChI is InChI=1S/C14H22BrN3O/c1-4-9-18-12(11(15)10-16-18)13(19)14(17(2)3)7-5-6-8-14/h10H,4-9H2,1-3H3. The third-order valence-electron chi connectivity index (χ3n) is 4.15. The van der Waals surface area contributed by atoms with Gasteiger partial charge in [-0.25, -0.2) is 0 Å². The van der Waals surface area contributed by atoms with Crippen LogP contribution in [0.5, 0.6) is 0 Å². The number of hydrogen-bond acceptors (Lipinski definition) is 3. The highest BCUT2D eigenvalue weighted by Crippen LogP contribution is 2.38. The van der Waals surface area contributed by atoms with Gasteiger partial charge in [0.15, 0.2) is 0 Å². The van der Waals surface area contributed by atoms with Crippen LogP contribution < -0.4 is 0 Å². The van der Waals surface area contributed by atoms with Gasteiger partial charge in [0.25, 0.3) is 0 Å². The molecule has 2 rings (SSSR count). The summed E-state index contributed by atoms with van der Waals surface area (Å²) in [5.41, 5.74) is 0.395. The number of carbonyl (C=O) groups excluding carboxylic acids is 1. The molecule has 0 aromatic carbocycles. The molecule has 1 aliphatic rings. The Balaban J connectivity index is 2.40. The fourth-order valence-corrected chi connectivity index (χ4v) is 3.50. The topological polar surface area (TPSA) is 38.1 Å². The van der Waals surface area contributed by atoms with E-state index >= 15 is 0 Å². The number of rotatable bonds is 5. The van der Waals surface area contributed by atoms with Gasteiger partial charge in [-0.15, -0.1) is 0 Å². The van der Waals surface area contributed by atoms with Gasteiger partial charge in [-0.1, -0.05) is 19.8 Å². The normalized spacial score (nSPS) is 18.2. The molecule has 4 nitrogen and oxygen atoms in total. The Hall–Kier alpha value is -0.680. The van der Waals surface area contributed by atoms with E-state index in [2.05, 4.69) is 32.9 Å². The van der Waals surface area contributed by atoms with Gasteiger partial charge in [0, 0.05) is 6.54 Å². The Labute approximate surface area is 123 Å². The summed E-state index contributed by atoms with van der Waals surface area (Å²) in [7, 11) is 4.02. The second-order valence-electron chi connectivity index (χ2n) is 5.53. The number of aryl methyl sites for hydroxylation is 1. The first-order valence-corrected chi connectivity index (χ1v) is 7.76. The largest absolute Gasteiger partial charge is 0.297 e. The second-order valence-corrected chi connectivity index (χ2v) is 6.38. The highest BCUT2D eigenvalue weighted by Gasteiger charge is 2.45. The molecule has 0 aliphatic heterocycles. The number of carbonyl (C=O) groups is 1. The molecule has 1 fully saturated rings. The minimum absolute atomic E-state index is 0.216. The quantitative estimate of drug-likeness (QED) is 0.780. The van der Waals surface area contributed by atoms with Crippen LogP contribution in [0.3, 0.4) is 0 Å². The first-order chi connectivity index (χ1) is 9.03. The second kappa shape index (κ2) is 5.75. The first kappa shape index (κ1) is 14.7. The van der Waals surface area contributed by atoms with E-state index in [-0.39, 0.29) is 11.3 Å². The summed E-state index contributed by atoms with van der Waals surface area (Å²) >= 11 is 3.49. The van der Waals surface area contributed by atoms with Gasteiger partial charge in [-0.05, 0) is 49.3 Å². The molecule has 19 heavy (non-hydrogen) atoms. The molecule has 0 saturated heterocycles. The summed E-state index contributed by atoms with van der Waals surface area (Å²) in [6, 6.07) is 0. The summed E-state index contributed by atoms with van der Waals surface area (Å²) in [5.74, 6) is 0.216. The molecule has 1 saturated carbocycles. The van der Waals surface area contributed by atoms with Gasteiger partial charge in [-0.3, -0.25) is 14.4 Å². The SMILES string of the molecule is CCCn1ncc(Br)c1C(=O)C1(N(C)C)CCCC1. The van der Waals surface area contributed by atoms with Crippen LogP contribution in [0, 0.1) is 0 Å².